The number of sulfonamides is 1. The van der Waals surface area contributed by atoms with Crippen LogP contribution in [-0.4, -0.2) is 21.1 Å². The van der Waals surface area contributed by atoms with E-state index in [1.54, 1.807) is 37.3 Å². The molecule has 0 fully saturated rings. The lowest BCUT2D eigenvalue weighted by molar-refractivity contribution is -0.137. The zero-order valence-electron chi connectivity index (χ0n) is 19.3. The van der Waals surface area contributed by atoms with Gasteiger partial charge in [0.2, 0.25) is 0 Å². The molecular weight excluding hydrogens is 518 g/mol. The number of anilines is 1. The first-order valence-electron chi connectivity index (χ1n) is 11.0. The highest BCUT2D eigenvalue weighted by Gasteiger charge is 2.36. The predicted octanol–water partition coefficient (Wildman–Crippen LogP) is 7.42. The van der Waals surface area contributed by atoms with Crippen molar-refractivity contribution in [2.75, 3.05) is 10.8 Å². The number of fused-ring (bicyclic) bond motifs is 1. The Labute approximate surface area is 211 Å². The molecule has 4 rings (SSSR count). The molecule has 0 aliphatic carbocycles. The first kappa shape index (κ1) is 26.0. The van der Waals surface area contributed by atoms with Crippen molar-refractivity contribution in [3.63, 3.8) is 0 Å². The molecule has 0 aromatic heterocycles. The average Bonchev–Trinajstić information content (AvgIpc) is 2.82. The Balaban J connectivity index is 1.80. The number of nitrogens with zero attached hydrogens (tertiary/aromatic N) is 1. The minimum absolute atomic E-state index is 0.0760. The van der Waals surface area contributed by atoms with E-state index in [-0.39, 0.29) is 28.6 Å². The molecule has 1 aliphatic rings. The van der Waals surface area contributed by atoms with Crippen LogP contribution >= 0.6 is 11.6 Å². The van der Waals surface area contributed by atoms with Gasteiger partial charge >= 0.3 is 6.18 Å². The van der Waals surface area contributed by atoms with Gasteiger partial charge in [-0.1, -0.05) is 42.8 Å². The van der Waals surface area contributed by atoms with Gasteiger partial charge in [-0.2, -0.15) is 13.2 Å². The van der Waals surface area contributed by atoms with Gasteiger partial charge in [-0.25, -0.2) is 12.8 Å². The van der Waals surface area contributed by atoms with Crippen molar-refractivity contribution >= 4 is 39.0 Å². The fourth-order valence-electron chi connectivity index (χ4n) is 4.02. The molecule has 1 atom stereocenters. The molecule has 1 aliphatic heterocycles. The molecule has 0 amide bonds. The lowest BCUT2D eigenvalue weighted by Gasteiger charge is -2.35. The van der Waals surface area contributed by atoms with Crippen molar-refractivity contribution in [2.45, 2.75) is 37.4 Å². The van der Waals surface area contributed by atoms with Crippen molar-refractivity contribution in [2.24, 2.45) is 0 Å². The summed E-state index contributed by atoms with van der Waals surface area (Å²) in [6, 6.07) is 12.8. The van der Waals surface area contributed by atoms with Crippen LogP contribution in [0.3, 0.4) is 0 Å². The van der Waals surface area contributed by atoms with Gasteiger partial charge in [-0.05, 0) is 66.9 Å². The Morgan fingerprint density at radius 1 is 1.14 bits per heavy atom. The zero-order valence-corrected chi connectivity index (χ0v) is 20.9. The van der Waals surface area contributed by atoms with Crippen molar-refractivity contribution in [3.05, 3.63) is 88.2 Å². The summed E-state index contributed by atoms with van der Waals surface area (Å²) in [6.07, 6.45) is -3.05. The highest BCUT2D eigenvalue weighted by molar-refractivity contribution is 7.92. The molecule has 36 heavy (non-hydrogen) atoms. The molecule has 3 aromatic rings. The molecule has 1 heterocycles. The maximum atomic E-state index is 14.4. The standard InChI is InChI=1S/C26H22ClF4NO3S/c1-3-19-15-32(36(33,34)20-7-4-6-18(14-20)26(29,30)31)23-13-17(10-11-24(23)35-19)12-16(2)25-21(27)8-5-9-22(25)28/h4-14,19H,3,15H2,1-2H3/b16-12+/t19-/m0/s1. The molecule has 0 bridgehead atoms. The quantitative estimate of drug-likeness (QED) is 0.250. The van der Waals surface area contributed by atoms with Gasteiger partial charge in [0.05, 0.1) is 27.7 Å². The number of alkyl halides is 3. The Hall–Kier alpha value is -3.04. The SMILES string of the molecule is CC[C@H]1CN(S(=O)(=O)c2cccc(C(F)(F)F)c2)c2cc(/C=C(\C)c3c(F)cccc3Cl)ccc2O1. The molecule has 0 saturated carbocycles. The van der Waals surface area contributed by atoms with E-state index in [4.69, 9.17) is 16.3 Å². The van der Waals surface area contributed by atoms with E-state index in [9.17, 15) is 26.0 Å². The monoisotopic (exact) mass is 539 g/mol. The first-order chi connectivity index (χ1) is 16.9. The minimum atomic E-state index is -4.69. The lowest BCUT2D eigenvalue weighted by atomic mass is 10.0. The molecule has 3 aromatic carbocycles. The molecule has 0 unspecified atom stereocenters. The second-order valence-corrected chi connectivity index (χ2v) is 10.6. The van der Waals surface area contributed by atoms with Crippen LogP contribution in [0.15, 0.2) is 65.6 Å². The van der Waals surface area contributed by atoms with Crippen LogP contribution in [0.1, 0.15) is 37.0 Å². The summed E-state index contributed by atoms with van der Waals surface area (Å²) < 4.78 is 88.2. The number of hydrogen-bond donors (Lipinski definition) is 0. The highest BCUT2D eigenvalue weighted by atomic mass is 35.5. The number of halogens is 5. The number of allylic oxidation sites excluding steroid dienone is 1. The lowest BCUT2D eigenvalue weighted by Crippen LogP contribution is -2.43. The number of ether oxygens (including phenoxy) is 1. The molecular formula is C26H22ClF4NO3S. The van der Waals surface area contributed by atoms with Crippen LogP contribution in [0, 0.1) is 5.82 Å². The summed E-state index contributed by atoms with van der Waals surface area (Å²) in [5.74, 6) is -0.223. The Bertz CT molecular complexity index is 1420. The van der Waals surface area contributed by atoms with E-state index in [1.165, 1.54) is 12.1 Å². The summed E-state index contributed by atoms with van der Waals surface area (Å²) >= 11 is 6.17. The fraction of sp³-hybridized carbons (Fsp3) is 0.231. The van der Waals surface area contributed by atoms with E-state index in [0.29, 0.717) is 23.6 Å². The van der Waals surface area contributed by atoms with E-state index in [0.717, 1.165) is 22.5 Å². The van der Waals surface area contributed by atoms with Crippen LogP contribution in [0.4, 0.5) is 23.2 Å². The molecule has 0 N–H and O–H groups in total. The van der Waals surface area contributed by atoms with Gasteiger partial charge < -0.3 is 4.74 Å². The third-order valence-corrected chi connectivity index (χ3v) is 7.95. The van der Waals surface area contributed by atoms with Crippen LogP contribution < -0.4 is 9.04 Å². The largest absolute Gasteiger partial charge is 0.486 e. The Morgan fingerprint density at radius 3 is 2.53 bits per heavy atom. The van der Waals surface area contributed by atoms with Crippen molar-refractivity contribution in [3.8, 4) is 5.75 Å². The number of hydrogen-bond acceptors (Lipinski definition) is 3. The second kappa shape index (κ2) is 9.78. The third kappa shape index (κ3) is 5.08. The van der Waals surface area contributed by atoms with Gasteiger partial charge in [-0.3, -0.25) is 4.31 Å². The zero-order chi connectivity index (χ0) is 26.3. The maximum Gasteiger partial charge on any atom is 0.416 e. The summed E-state index contributed by atoms with van der Waals surface area (Å²) in [4.78, 5) is -0.477. The molecule has 0 saturated heterocycles. The van der Waals surface area contributed by atoms with E-state index in [2.05, 4.69) is 0 Å². The Kier molecular flexibility index (Phi) is 7.07. The molecule has 0 radical (unpaired) electrons. The maximum absolute atomic E-state index is 14.4. The predicted molar refractivity (Wildman–Crippen MR) is 132 cm³/mol. The van der Waals surface area contributed by atoms with Gasteiger partial charge in [0.1, 0.15) is 17.7 Å². The summed E-state index contributed by atoms with van der Waals surface area (Å²) in [5, 5.41) is 0.226. The number of benzene rings is 3. The second-order valence-electron chi connectivity index (χ2n) is 8.36. The summed E-state index contributed by atoms with van der Waals surface area (Å²) in [6.45, 7) is 3.42. The average molecular weight is 540 g/mol. The van der Waals surface area contributed by atoms with Crippen LogP contribution in [0.2, 0.25) is 5.02 Å². The van der Waals surface area contributed by atoms with Crippen molar-refractivity contribution in [1.82, 2.24) is 0 Å². The number of rotatable bonds is 5. The molecule has 4 nitrogen and oxygen atoms in total. The van der Waals surface area contributed by atoms with Crippen LogP contribution in [0.25, 0.3) is 11.6 Å². The van der Waals surface area contributed by atoms with Crippen molar-refractivity contribution < 1.29 is 30.7 Å². The molecule has 0 spiro atoms. The normalized spacial score (nSPS) is 16.5. The summed E-state index contributed by atoms with van der Waals surface area (Å²) in [7, 11) is -4.36. The van der Waals surface area contributed by atoms with Gasteiger partial charge in [-0.15, -0.1) is 0 Å². The fourth-order valence-corrected chi connectivity index (χ4v) is 5.87. The van der Waals surface area contributed by atoms with Crippen molar-refractivity contribution in [1.29, 1.82) is 0 Å². The highest BCUT2D eigenvalue weighted by Crippen LogP contribution is 2.40. The summed E-state index contributed by atoms with van der Waals surface area (Å²) in [5.41, 5.74) is 0.381. The van der Waals surface area contributed by atoms with E-state index >= 15 is 0 Å². The molecule has 10 heteroatoms. The minimum Gasteiger partial charge on any atom is -0.486 e. The van der Waals surface area contributed by atoms with Gasteiger partial charge in [0, 0.05) is 5.56 Å². The van der Waals surface area contributed by atoms with Crippen LogP contribution in [-0.2, 0) is 16.2 Å². The van der Waals surface area contributed by atoms with Gasteiger partial charge in [0.15, 0.2) is 0 Å². The van der Waals surface area contributed by atoms with Crippen LogP contribution in [0.5, 0.6) is 5.75 Å². The topological polar surface area (TPSA) is 46.6 Å². The van der Waals surface area contributed by atoms with Gasteiger partial charge in [0.25, 0.3) is 10.0 Å². The first-order valence-corrected chi connectivity index (χ1v) is 12.9. The Morgan fingerprint density at radius 2 is 1.86 bits per heavy atom. The van der Waals surface area contributed by atoms with E-state index in [1.807, 2.05) is 6.92 Å². The molecule has 190 valence electrons. The third-order valence-electron chi connectivity index (χ3n) is 5.86. The smallest absolute Gasteiger partial charge is 0.416 e. The van der Waals surface area contributed by atoms with E-state index < -0.39 is 38.6 Å².